The Hall–Kier alpha value is -5.88. The molecule has 0 saturated carbocycles. The summed E-state index contributed by atoms with van der Waals surface area (Å²) in [7, 11) is 0. The molecule has 240 valence electrons. The standard InChI is InChI=1S/C46H29N3S2/c1-4-13-30(14-5-1)38-29-39(48-46(47-38)31-15-6-2-7-16-31)33-24-26-42-44(28-33)51-41-25-23-32(27-43(41)50-42)35-20-12-21-37-36-19-10-11-22-40(36)49(45(35)37)34-17-8-3-9-18-34/h1-29H. The Balaban J connectivity index is 1.04. The number of rotatable bonds is 5. The summed E-state index contributed by atoms with van der Waals surface area (Å²) in [6.45, 7) is 0. The van der Waals surface area contributed by atoms with E-state index in [1.807, 2.05) is 47.8 Å². The molecule has 1 aliphatic rings. The Morgan fingerprint density at radius 1 is 0.392 bits per heavy atom. The van der Waals surface area contributed by atoms with E-state index < -0.39 is 0 Å². The average molecular weight is 688 g/mol. The molecule has 10 rings (SSSR count). The summed E-state index contributed by atoms with van der Waals surface area (Å²) < 4.78 is 2.41. The van der Waals surface area contributed by atoms with Crippen LogP contribution in [0.5, 0.6) is 0 Å². The maximum absolute atomic E-state index is 5.08. The predicted molar refractivity (Wildman–Crippen MR) is 213 cm³/mol. The number of fused-ring (bicyclic) bond motifs is 5. The van der Waals surface area contributed by atoms with Gasteiger partial charge in [0.2, 0.25) is 0 Å². The number of para-hydroxylation sites is 3. The van der Waals surface area contributed by atoms with Gasteiger partial charge in [0.1, 0.15) is 0 Å². The molecule has 51 heavy (non-hydrogen) atoms. The van der Waals surface area contributed by atoms with Crippen LogP contribution in [0.25, 0.3) is 72.5 Å². The van der Waals surface area contributed by atoms with Gasteiger partial charge in [0.15, 0.2) is 5.82 Å². The first-order valence-electron chi connectivity index (χ1n) is 17.0. The van der Waals surface area contributed by atoms with E-state index in [-0.39, 0.29) is 0 Å². The Morgan fingerprint density at radius 2 is 0.961 bits per heavy atom. The topological polar surface area (TPSA) is 30.7 Å². The van der Waals surface area contributed by atoms with Gasteiger partial charge in [-0.25, -0.2) is 9.97 Å². The van der Waals surface area contributed by atoms with Gasteiger partial charge in [-0.3, -0.25) is 0 Å². The lowest BCUT2D eigenvalue weighted by Crippen LogP contribution is -1.97. The molecule has 0 radical (unpaired) electrons. The van der Waals surface area contributed by atoms with Gasteiger partial charge in [-0.15, -0.1) is 0 Å². The second kappa shape index (κ2) is 12.5. The Kier molecular flexibility index (Phi) is 7.33. The minimum Gasteiger partial charge on any atom is -0.309 e. The third-order valence-corrected chi connectivity index (χ3v) is 12.0. The monoisotopic (exact) mass is 687 g/mol. The van der Waals surface area contributed by atoms with E-state index in [2.05, 4.69) is 156 Å². The Labute approximate surface area is 304 Å². The molecule has 0 saturated heterocycles. The molecule has 3 heterocycles. The van der Waals surface area contributed by atoms with E-state index in [0.29, 0.717) is 0 Å². The SMILES string of the molecule is c1ccc(-c2cc(-c3ccc4c(c3)Sc3ccc(-c5cccc6c7ccccc7n(-c7ccccc7)c56)cc3S4)nc(-c3ccccc3)n2)cc1. The lowest BCUT2D eigenvalue weighted by molar-refractivity contribution is 1.14. The second-order valence-electron chi connectivity index (χ2n) is 12.6. The first kappa shape index (κ1) is 30.0. The molecule has 0 fully saturated rings. The molecule has 0 atom stereocenters. The third-order valence-electron chi connectivity index (χ3n) is 9.47. The highest BCUT2D eigenvalue weighted by Crippen LogP contribution is 2.51. The van der Waals surface area contributed by atoms with Crippen LogP contribution in [0.3, 0.4) is 0 Å². The third kappa shape index (κ3) is 5.34. The lowest BCUT2D eigenvalue weighted by atomic mass is 10.0. The van der Waals surface area contributed by atoms with Crippen molar-refractivity contribution in [2.45, 2.75) is 19.6 Å². The fourth-order valence-electron chi connectivity index (χ4n) is 7.07. The number of nitrogens with zero attached hydrogens (tertiary/aromatic N) is 3. The molecule has 0 bridgehead atoms. The van der Waals surface area contributed by atoms with Crippen molar-refractivity contribution >= 4 is 45.3 Å². The van der Waals surface area contributed by atoms with Crippen molar-refractivity contribution < 1.29 is 0 Å². The fourth-order valence-corrected chi connectivity index (χ4v) is 9.35. The van der Waals surface area contributed by atoms with Crippen molar-refractivity contribution in [2.24, 2.45) is 0 Å². The molecule has 2 aromatic heterocycles. The molecule has 5 heteroatoms. The summed E-state index contributed by atoms with van der Waals surface area (Å²) in [6, 6.07) is 62.5. The molecule has 1 aliphatic heterocycles. The van der Waals surface area contributed by atoms with E-state index >= 15 is 0 Å². The second-order valence-corrected chi connectivity index (χ2v) is 14.8. The smallest absolute Gasteiger partial charge is 0.160 e. The molecule has 9 aromatic rings. The van der Waals surface area contributed by atoms with Crippen LogP contribution < -0.4 is 0 Å². The van der Waals surface area contributed by atoms with Gasteiger partial charge in [-0.2, -0.15) is 0 Å². The van der Waals surface area contributed by atoms with Gasteiger partial charge in [0.25, 0.3) is 0 Å². The summed E-state index contributed by atoms with van der Waals surface area (Å²) in [5.74, 6) is 0.728. The molecule has 7 aromatic carbocycles. The van der Waals surface area contributed by atoms with Gasteiger partial charge in [0, 0.05) is 58.3 Å². The average Bonchev–Trinajstić information content (AvgIpc) is 3.55. The van der Waals surface area contributed by atoms with Crippen LogP contribution in [0.1, 0.15) is 0 Å². The first-order valence-corrected chi connectivity index (χ1v) is 18.6. The van der Waals surface area contributed by atoms with E-state index in [1.165, 1.54) is 58.2 Å². The molecular formula is C46H29N3S2. The summed E-state index contributed by atoms with van der Waals surface area (Å²) >= 11 is 3.68. The van der Waals surface area contributed by atoms with Crippen LogP contribution in [0.2, 0.25) is 0 Å². The van der Waals surface area contributed by atoms with E-state index in [0.717, 1.165) is 33.9 Å². The van der Waals surface area contributed by atoms with E-state index in [4.69, 9.17) is 9.97 Å². The van der Waals surface area contributed by atoms with Crippen molar-refractivity contribution in [1.82, 2.24) is 14.5 Å². The van der Waals surface area contributed by atoms with Gasteiger partial charge in [0.05, 0.1) is 22.4 Å². The van der Waals surface area contributed by atoms with Crippen molar-refractivity contribution in [3.63, 3.8) is 0 Å². The van der Waals surface area contributed by atoms with Crippen molar-refractivity contribution in [1.29, 1.82) is 0 Å². The zero-order valence-corrected chi connectivity index (χ0v) is 29.0. The zero-order chi connectivity index (χ0) is 33.7. The summed E-state index contributed by atoms with van der Waals surface area (Å²) in [4.78, 5) is 15.1. The number of hydrogen-bond donors (Lipinski definition) is 0. The van der Waals surface area contributed by atoms with Crippen LogP contribution in [0.15, 0.2) is 196 Å². The molecular weight excluding hydrogens is 659 g/mol. The highest BCUT2D eigenvalue weighted by atomic mass is 32.2. The van der Waals surface area contributed by atoms with Gasteiger partial charge < -0.3 is 4.57 Å². The molecule has 0 amide bonds. The fraction of sp³-hybridized carbons (Fsp3) is 0. The van der Waals surface area contributed by atoms with Crippen molar-refractivity contribution in [2.75, 3.05) is 0 Å². The summed E-state index contributed by atoms with van der Waals surface area (Å²) in [5, 5.41) is 2.53. The van der Waals surface area contributed by atoms with Crippen LogP contribution in [-0.2, 0) is 0 Å². The largest absolute Gasteiger partial charge is 0.309 e. The summed E-state index contributed by atoms with van der Waals surface area (Å²) in [6.07, 6.45) is 0. The number of benzene rings is 7. The zero-order valence-electron chi connectivity index (χ0n) is 27.4. The first-order chi connectivity index (χ1) is 25.3. The van der Waals surface area contributed by atoms with Crippen LogP contribution in [-0.4, -0.2) is 14.5 Å². The van der Waals surface area contributed by atoms with Crippen LogP contribution in [0, 0.1) is 0 Å². The molecule has 3 nitrogen and oxygen atoms in total. The minimum atomic E-state index is 0.728. The highest BCUT2D eigenvalue weighted by molar-refractivity contribution is 8.05. The Bertz CT molecular complexity index is 2680. The van der Waals surface area contributed by atoms with Crippen LogP contribution in [0.4, 0.5) is 0 Å². The maximum atomic E-state index is 5.08. The van der Waals surface area contributed by atoms with Crippen molar-refractivity contribution in [3.05, 3.63) is 176 Å². The maximum Gasteiger partial charge on any atom is 0.160 e. The minimum absolute atomic E-state index is 0.728. The van der Waals surface area contributed by atoms with E-state index in [9.17, 15) is 0 Å². The summed E-state index contributed by atoms with van der Waals surface area (Å²) in [5.41, 5.74) is 11.1. The predicted octanol–water partition coefficient (Wildman–Crippen LogP) is 12.9. The van der Waals surface area contributed by atoms with Crippen molar-refractivity contribution in [3.8, 4) is 50.7 Å². The highest BCUT2D eigenvalue weighted by Gasteiger charge is 2.22. The van der Waals surface area contributed by atoms with Gasteiger partial charge >= 0.3 is 0 Å². The van der Waals surface area contributed by atoms with Crippen LogP contribution >= 0.6 is 23.5 Å². The molecule has 0 aliphatic carbocycles. The molecule has 0 spiro atoms. The normalized spacial score (nSPS) is 12.2. The number of aromatic nitrogens is 3. The molecule has 0 N–H and O–H groups in total. The lowest BCUT2D eigenvalue weighted by Gasteiger charge is -2.20. The number of hydrogen-bond acceptors (Lipinski definition) is 4. The van der Waals surface area contributed by atoms with Gasteiger partial charge in [-0.05, 0) is 54.1 Å². The quantitative estimate of drug-likeness (QED) is 0.180. The Morgan fingerprint density at radius 3 is 1.69 bits per heavy atom. The van der Waals surface area contributed by atoms with Gasteiger partial charge in [-0.1, -0.05) is 151 Å². The van der Waals surface area contributed by atoms with E-state index in [1.54, 1.807) is 0 Å². The molecule has 0 unspecified atom stereocenters.